The summed E-state index contributed by atoms with van der Waals surface area (Å²) in [7, 11) is 0. The number of benzene rings is 1. The van der Waals surface area contributed by atoms with Crippen LogP contribution in [0.2, 0.25) is 0 Å². The number of carbonyl (C=O) groups excluding carboxylic acids is 1. The van der Waals surface area contributed by atoms with Crippen molar-refractivity contribution in [2.24, 2.45) is 5.92 Å². The molecule has 1 aliphatic carbocycles. The minimum absolute atomic E-state index is 0.287. The molecule has 4 nitrogen and oxygen atoms in total. The summed E-state index contributed by atoms with van der Waals surface area (Å²) >= 11 is 1.77. The number of anilines is 1. The number of para-hydroxylation sites is 1. The molecule has 0 radical (unpaired) electrons. The molecule has 128 valence electrons. The van der Waals surface area contributed by atoms with Crippen molar-refractivity contribution in [3.05, 3.63) is 23.8 Å². The number of rotatable bonds is 2. The van der Waals surface area contributed by atoms with Gasteiger partial charge in [-0.1, -0.05) is 42.7 Å². The maximum absolute atomic E-state index is 12.7. The Kier molecular flexibility index (Phi) is 4.44. The smallest absolute Gasteiger partial charge is 0.225 e. The predicted molar refractivity (Wildman–Crippen MR) is 99.7 cm³/mol. The average Bonchev–Trinajstić information content (AvgIpc) is 3.08. The van der Waals surface area contributed by atoms with Gasteiger partial charge >= 0.3 is 0 Å². The third kappa shape index (κ3) is 3.02. The Hall–Kier alpha value is -1.62. The minimum Gasteiger partial charge on any atom is -0.345 e. The number of amides is 1. The maximum atomic E-state index is 12.7. The number of aryl methyl sites for hydroxylation is 1. The number of carbonyl (C=O) groups is 1. The number of piperazine rings is 1. The molecule has 5 heteroatoms. The van der Waals surface area contributed by atoms with Gasteiger partial charge in [0, 0.05) is 32.1 Å². The molecule has 1 amide bonds. The van der Waals surface area contributed by atoms with Crippen LogP contribution in [0.1, 0.15) is 37.7 Å². The summed E-state index contributed by atoms with van der Waals surface area (Å²) in [5.74, 6) is 0.685. The molecule has 2 fully saturated rings. The van der Waals surface area contributed by atoms with E-state index in [9.17, 15) is 4.79 Å². The number of hydrogen-bond acceptors (Lipinski definition) is 4. The second-order valence-corrected chi connectivity index (χ2v) is 8.07. The van der Waals surface area contributed by atoms with Crippen LogP contribution in [0.3, 0.4) is 0 Å². The van der Waals surface area contributed by atoms with Gasteiger partial charge in [-0.15, -0.1) is 0 Å². The van der Waals surface area contributed by atoms with Crippen molar-refractivity contribution in [1.82, 2.24) is 9.88 Å². The van der Waals surface area contributed by atoms with Crippen LogP contribution in [0.15, 0.2) is 18.2 Å². The molecule has 2 aromatic rings. The standard InChI is InChI=1S/C19H25N3OS/c1-14-6-5-9-16-17(14)20-19(24-16)22-12-10-21(11-13-22)18(23)15-7-3-2-4-8-15/h5-6,9,15H,2-4,7-8,10-13H2,1H3. The van der Waals surface area contributed by atoms with E-state index in [2.05, 4.69) is 34.9 Å². The molecule has 2 heterocycles. The van der Waals surface area contributed by atoms with Gasteiger partial charge in [0.25, 0.3) is 0 Å². The Morgan fingerprint density at radius 3 is 2.58 bits per heavy atom. The summed E-state index contributed by atoms with van der Waals surface area (Å²) in [6, 6.07) is 6.36. The molecule has 1 aromatic heterocycles. The van der Waals surface area contributed by atoms with Gasteiger partial charge in [-0.2, -0.15) is 0 Å². The summed E-state index contributed by atoms with van der Waals surface area (Å²) in [4.78, 5) is 21.9. The second-order valence-electron chi connectivity index (χ2n) is 7.07. The molecule has 1 saturated carbocycles. The van der Waals surface area contributed by atoms with E-state index < -0.39 is 0 Å². The maximum Gasteiger partial charge on any atom is 0.225 e. The van der Waals surface area contributed by atoms with Crippen LogP contribution in [0, 0.1) is 12.8 Å². The lowest BCUT2D eigenvalue weighted by molar-refractivity contribution is -0.136. The Morgan fingerprint density at radius 2 is 1.88 bits per heavy atom. The molecule has 4 rings (SSSR count). The third-order valence-electron chi connectivity index (χ3n) is 5.43. The fourth-order valence-electron chi connectivity index (χ4n) is 3.94. The molecule has 0 bridgehead atoms. The zero-order valence-electron chi connectivity index (χ0n) is 14.3. The van der Waals surface area contributed by atoms with E-state index in [0.717, 1.165) is 49.7 Å². The normalized spacial score (nSPS) is 19.9. The SMILES string of the molecule is Cc1cccc2sc(N3CCN(C(=O)C4CCCCC4)CC3)nc12. The monoisotopic (exact) mass is 343 g/mol. The first-order valence-electron chi connectivity index (χ1n) is 9.12. The molecule has 24 heavy (non-hydrogen) atoms. The Morgan fingerprint density at radius 1 is 1.12 bits per heavy atom. The summed E-state index contributed by atoms with van der Waals surface area (Å²) < 4.78 is 1.26. The highest BCUT2D eigenvalue weighted by Crippen LogP contribution is 2.31. The Labute approximate surface area is 147 Å². The van der Waals surface area contributed by atoms with Crippen molar-refractivity contribution >= 4 is 32.6 Å². The zero-order chi connectivity index (χ0) is 16.5. The van der Waals surface area contributed by atoms with Gasteiger partial charge in [0.2, 0.25) is 5.91 Å². The minimum atomic E-state index is 0.287. The van der Waals surface area contributed by atoms with Crippen molar-refractivity contribution in [1.29, 1.82) is 0 Å². The van der Waals surface area contributed by atoms with E-state index in [1.807, 2.05) is 0 Å². The average molecular weight is 343 g/mol. The van der Waals surface area contributed by atoms with Crippen molar-refractivity contribution in [2.45, 2.75) is 39.0 Å². The van der Waals surface area contributed by atoms with Gasteiger partial charge in [0.05, 0.1) is 10.2 Å². The van der Waals surface area contributed by atoms with Crippen LogP contribution >= 0.6 is 11.3 Å². The summed E-state index contributed by atoms with van der Waals surface area (Å²) in [5.41, 5.74) is 2.36. The fourth-order valence-corrected chi connectivity index (χ4v) is 5.03. The predicted octanol–water partition coefficient (Wildman–Crippen LogP) is 3.83. The molecular weight excluding hydrogens is 318 g/mol. The molecule has 0 N–H and O–H groups in total. The highest BCUT2D eigenvalue weighted by Gasteiger charge is 2.29. The number of fused-ring (bicyclic) bond motifs is 1. The lowest BCUT2D eigenvalue weighted by atomic mass is 9.88. The van der Waals surface area contributed by atoms with Crippen LogP contribution in [-0.4, -0.2) is 42.0 Å². The van der Waals surface area contributed by atoms with E-state index in [1.165, 1.54) is 29.5 Å². The number of nitrogens with zero attached hydrogens (tertiary/aromatic N) is 3. The topological polar surface area (TPSA) is 36.4 Å². The first-order chi connectivity index (χ1) is 11.7. The van der Waals surface area contributed by atoms with Gasteiger partial charge in [-0.25, -0.2) is 4.98 Å². The molecular formula is C19H25N3OS. The summed E-state index contributed by atoms with van der Waals surface area (Å²) in [6.07, 6.45) is 5.93. The fraction of sp³-hybridized carbons (Fsp3) is 0.579. The number of thiazole rings is 1. The highest BCUT2D eigenvalue weighted by molar-refractivity contribution is 7.22. The molecule has 0 unspecified atom stereocenters. The molecule has 0 spiro atoms. The lowest BCUT2D eigenvalue weighted by Gasteiger charge is -2.37. The first kappa shape index (κ1) is 15.9. The van der Waals surface area contributed by atoms with Gasteiger partial charge in [0.1, 0.15) is 0 Å². The van der Waals surface area contributed by atoms with Crippen molar-refractivity contribution < 1.29 is 4.79 Å². The Bertz CT molecular complexity index is 727. The quantitative estimate of drug-likeness (QED) is 0.831. The summed E-state index contributed by atoms with van der Waals surface area (Å²) in [6.45, 7) is 5.59. The van der Waals surface area contributed by atoms with E-state index in [0.29, 0.717) is 5.91 Å². The van der Waals surface area contributed by atoms with Crippen LogP contribution in [0.4, 0.5) is 5.13 Å². The molecule has 1 saturated heterocycles. The van der Waals surface area contributed by atoms with Crippen molar-refractivity contribution in [3.63, 3.8) is 0 Å². The van der Waals surface area contributed by atoms with E-state index in [-0.39, 0.29) is 5.92 Å². The molecule has 2 aliphatic rings. The number of aromatic nitrogens is 1. The zero-order valence-corrected chi connectivity index (χ0v) is 15.1. The molecule has 0 atom stereocenters. The van der Waals surface area contributed by atoms with E-state index in [1.54, 1.807) is 11.3 Å². The largest absolute Gasteiger partial charge is 0.345 e. The highest BCUT2D eigenvalue weighted by atomic mass is 32.1. The molecule has 1 aromatic carbocycles. The molecule has 1 aliphatic heterocycles. The van der Waals surface area contributed by atoms with Crippen LogP contribution in [0.25, 0.3) is 10.2 Å². The van der Waals surface area contributed by atoms with Crippen LogP contribution in [0.5, 0.6) is 0 Å². The van der Waals surface area contributed by atoms with Gasteiger partial charge in [0.15, 0.2) is 5.13 Å². The van der Waals surface area contributed by atoms with E-state index >= 15 is 0 Å². The second kappa shape index (κ2) is 6.71. The summed E-state index contributed by atoms with van der Waals surface area (Å²) in [5, 5.41) is 1.10. The number of hydrogen-bond donors (Lipinski definition) is 0. The lowest BCUT2D eigenvalue weighted by Crippen LogP contribution is -2.50. The van der Waals surface area contributed by atoms with Gasteiger partial charge in [-0.05, 0) is 31.4 Å². The van der Waals surface area contributed by atoms with Gasteiger partial charge in [-0.3, -0.25) is 4.79 Å². The van der Waals surface area contributed by atoms with Crippen LogP contribution < -0.4 is 4.90 Å². The Balaban J connectivity index is 1.41. The van der Waals surface area contributed by atoms with E-state index in [4.69, 9.17) is 4.98 Å². The third-order valence-corrected chi connectivity index (χ3v) is 6.51. The van der Waals surface area contributed by atoms with Crippen molar-refractivity contribution in [2.75, 3.05) is 31.1 Å². The van der Waals surface area contributed by atoms with Crippen LogP contribution in [-0.2, 0) is 4.79 Å². The van der Waals surface area contributed by atoms with Crippen molar-refractivity contribution in [3.8, 4) is 0 Å². The first-order valence-corrected chi connectivity index (χ1v) is 9.94. The van der Waals surface area contributed by atoms with Gasteiger partial charge < -0.3 is 9.80 Å².